The van der Waals surface area contributed by atoms with E-state index in [0.717, 1.165) is 28.2 Å². The van der Waals surface area contributed by atoms with Gasteiger partial charge in [-0.2, -0.15) is 0 Å². The molecule has 0 unspecified atom stereocenters. The van der Waals surface area contributed by atoms with Crippen molar-refractivity contribution in [3.8, 4) is 11.5 Å². The molecular formula is C27H27NO5. The van der Waals surface area contributed by atoms with Gasteiger partial charge >= 0.3 is 5.97 Å². The summed E-state index contributed by atoms with van der Waals surface area (Å²) in [5.74, 6) is 1.12. The zero-order valence-corrected chi connectivity index (χ0v) is 18.8. The Balaban J connectivity index is 1.49. The molecule has 3 aromatic rings. The van der Waals surface area contributed by atoms with Crippen LogP contribution >= 0.6 is 0 Å². The molecule has 0 fully saturated rings. The van der Waals surface area contributed by atoms with Crippen LogP contribution in [0.2, 0.25) is 0 Å². The Labute approximate surface area is 194 Å². The highest BCUT2D eigenvalue weighted by Crippen LogP contribution is 2.17. The highest BCUT2D eigenvalue weighted by molar-refractivity contribution is 6.01. The van der Waals surface area contributed by atoms with Crippen molar-refractivity contribution in [2.75, 3.05) is 20.3 Å². The summed E-state index contributed by atoms with van der Waals surface area (Å²) in [5.41, 5.74) is 3.57. The van der Waals surface area contributed by atoms with Crippen molar-refractivity contribution < 1.29 is 23.8 Å². The predicted molar refractivity (Wildman–Crippen MR) is 128 cm³/mol. The average molecular weight is 446 g/mol. The molecule has 0 bridgehead atoms. The zero-order valence-electron chi connectivity index (χ0n) is 18.8. The van der Waals surface area contributed by atoms with E-state index in [9.17, 15) is 4.79 Å². The van der Waals surface area contributed by atoms with Gasteiger partial charge in [0.15, 0.2) is 0 Å². The van der Waals surface area contributed by atoms with E-state index in [2.05, 4.69) is 5.16 Å². The van der Waals surface area contributed by atoms with Gasteiger partial charge in [-0.15, -0.1) is 0 Å². The minimum absolute atomic E-state index is 0.296. The van der Waals surface area contributed by atoms with Crippen molar-refractivity contribution in [3.63, 3.8) is 0 Å². The van der Waals surface area contributed by atoms with E-state index in [0.29, 0.717) is 25.5 Å². The first kappa shape index (κ1) is 23.6. The second-order valence-corrected chi connectivity index (χ2v) is 6.96. The number of esters is 1. The molecule has 0 heterocycles. The van der Waals surface area contributed by atoms with Crippen molar-refractivity contribution in [2.45, 2.75) is 13.5 Å². The van der Waals surface area contributed by atoms with E-state index >= 15 is 0 Å². The van der Waals surface area contributed by atoms with E-state index < -0.39 is 0 Å². The van der Waals surface area contributed by atoms with E-state index in [4.69, 9.17) is 19.0 Å². The molecule has 6 heteroatoms. The largest absolute Gasteiger partial charge is 0.489 e. The summed E-state index contributed by atoms with van der Waals surface area (Å²) in [7, 11) is 1.52. The standard InChI is InChI=1S/C27H27NO5/c1-3-31-27(29)18-13-21-9-14-24(15-10-21)32-19-22-11-16-25(17-12-22)33-20-26(28-30-2)23-7-5-4-6-8-23/h4-18H,3,19-20H2,1-2H3/b18-13+,28-26+. The maximum absolute atomic E-state index is 11.4. The number of oxime groups is 1. The minimum Gasteiger partial charge on any atom is -0.489 e. The lowest BCUT2D eigenvalue weighted by molar-refractivity contribution is -0.137. The van der Waals surface area contributed by atoms with Crippen LogP contribution in [0.4, 0.5) is 0 Å². The molecule has 3 rings (SSSR count). The van der Waals surface area contributed by atoms with Crippen LogP contribution in [0.5, 0.6) is 11.5 Å². The van der Waals surface area contributed by atoms with Crippen LogP contribution in [0.3, 0.4) is 0 Å². The number of nitrogens with zero attached hydrogens (tertiary/aromatic N) is 1. The molecule has 0 saturated heterocycles. The molecule has 0 atom stereocenters. The number of ether oxygens (including phenoxy) is 3. The summed E-state index contributed by atoms with van der Waals surface area (Å²) in [6, 6.07) is 25.0. The molecule has 0 saturated carbocycles. The van der Waals surface area contributed by atoms with Gasteiger partial charge in [-0.3, -0.25) is 0 Å². The molecule has 0 radical (unpaired) electrons. The lowest BCUT2D eigenvalue weighted by atomic mass is 10.1. The molecule has 0 aliphatic rings. The third-order valence-electron chi connectivity index (χ3n) is 4.59. The SMILES string of the molecule is CCOC(=O)/C=C/c1ccc(OCc2ccc(OC/C(=N\OC)c3ccccc3)cc2)cc1. The summed E-state index contributed by atoms with van der Waals surface area (Å²) in [6.07, 6.45) is 3.12. The number of hydrogen-bond donors (Lipinski definition) is 0. The lowest BCUT2D eigenvalue weighted by Gasteiger charge is -2.10. The van der Waals surface area contributed by atoms with Gasteiger partial charge in [-0.25, -0.2) is 4.79 Å². The van der Waals surface area contributed by atoms with Gasteiger partial charge in [0.1, 0.15) is 37.5 Å². The topological polar surface area (TPSA) is 66.4 Å². The fourth-order valence-electron chi connectivity index (χ4n) is 2.93. The summed E-state index contributed by atoms with van der Waals surface area (Å²) in [4.78, 5) is 16.3. The summed E-state index contributed by atoms with van der Waals surface area (Å²) >= 11 is 0. The Morgan fingerprint density at radius 1 is 0.879 bits per heavy atom. The summed E-state index contributed by atoms with van der Waals surface area (Å²) in [6.45, 7) is 2.86. The number of carbonyl (C=O) groups excluding carboxylic acids is 1. The van der Waals surface area contributed by atoms with E-state index in [1.54, 1.807) is 13.0 Å². The van der Waals surface area contributed by atoms with Crippen molar-refractivity contribution >= 4 is 17.8 Å². The van der Waals surface area contributed by atoms with Crippen LogP contribution in [-0.2, 0) is 21.0 Å². The second-order valence-electron chi connectivity index (χ2n) is 6.96. The molecule has 170 valence electrons. The molecule has 0 aliphatic carbocycles. The van der Waals surface area contributed by atoms with Gasteiger partial charge in [-0.05, 0) is 48.4 Å². The van der Waals surface area contributed by atoms with Gasteiger partial charge in [0, 0.05) is 11.6 Å². The zero-order chi connectivity index (χ0) is 23.3. The highest BCUT2D eigenvalue weighted by Gasteiger charge is 2.06. The third kappa shape index (κ3) is 7.85. The van der Waals surface area contributed by atoms with Gasteiger partial charge in [0.25, 0.3) is 0 Å². The molecule has 0 aliphatic heterocycles. The smallest absolute Gasteiger partial charge is 0.330 e. The van der Waals surface area contributed by atoms with Gasteiger partial charge in [0.05, 0.1) is 6.61 Å². The maximum Gasteiger partial charge on any atom is 0.330 e. The summed E-state index contributed by atoms with van der Waals surface area (Å²) < 4.78 is 16.6. The van der Waals surface area contributed by atoms with Crippen molar-refractivity contribution in [3.05, 3.63) is 102 Å². The number of carbonyl (C=O) groups is 1. The van der Waals surface area contributed by atoms with Crippen LogP contribution in [0.1, 0.15) is 23.6 Å². The Hall–Kier alpha value is -4.06. The van der Waals surface area contributed by atoms with E-state index in [1.165, 1.54) is 13.2 Å². The van der Waals surface area contributed by atoms with Crippen LogP contribution in [0.25, 0.3) is 6.08 Å². The van der Waals surface area contributed by atoms with Crippen LogP contribution in [-0.4, -0.2) is 32.0 Å². The number of rotatable bonds is 11. The fraction of sp³-hybridized carbons (Fsp3) is 0.185. The monoisotopic (exact) mass is 445 g/mol. The molecule has 0 amide bonds. The van der Waals surface area contributed by atoms with E-state index in [-0.39, 0.29) is 5.97 Å². The predicted octanol–water partition coefficient (Wildman–Crippen LogP) is 5.27. The Bertz CT molecular complexity index is 1060. The van der Waals surface area contributed by atoms with Gasteiger partial charge < -0.3 is 19.0 Å². The Morgan fingerprint density at radius 3 is 2.21 bits per heavy atom. The highest BCUT2D eigenvalue weighted by atomic mass is 16.6. The first-order valence-electron chi connectivity index (χ1n) is 10.6. The molecule has 0 N–H and O–H groups in total. The molecule has 0 aromatic heterocycles. The first-order chi connectivity index (χ1) is 16.2. The fourth-order valence-corrected chi connectivity index (χ4v) is 2.93. The van der Waals surface area contributed by atoms with Gasteiger partial charge in [0.2, 0.25) is 0 Å². The quantitative estimate of drug-likeness (QED) is 0.174. The summed E-state index contributed by atoms with van der Waals surface area (Å²) in [5, 5.41) is 4.07. The molecule has 33 heavy (non-hydrogen) atoms. The second kappa shape index (κ2) is 12.7. The Morgan fingerprint density at radius 2 is 1.55 bits per heavy atom. The molecule has 3 aromatic carbocycles. The minimum atomic E-state index is -0.354. The Kier molecular flexibility index (Phi) is 9.09. The van der Waals surface area contributed by atoms with Crippen LogP contribution in [0.15, 0.2) is 90.1 Å². The van der Waals surface area contributed by atoms with Crippen LogP contribution < -0.4 is 9.47 Å². The van der Waals surface area contributed by atoms with Gasteiger partial charge in [-0.1, -0.05) is 59.8 Å². The third-order valence-corrected chi connectivity index (χ3v) is 4.59. The number of hydrogen-bond acceptors (Lipinski definition) is 6. The number of benzene rings is 3. The molecule has 0 spiro atoms. The van der Waals surface area contributed by atoms with Crippen molar-refractivity contribution in [1.29, 1.82) is 0 Å². The lowest BCUT2D eigenvalue weighted by Crippen LogP contribution is -2.13. The van der Waals surface area contributed by atoms with Crippen molar-refractivity contribution in [2.24, 2.45) is 5.16 Å². The normalized spacial score (nSPS) is 11.3. The maximum atomic E-state index is 11.4. The average Bonchev–Trinajstić information content (AvgIpc) is 2.86. The molecular weight excluding hydrogens is 418 g/mol. The van der Waals surface area contributed by atoms with Crippen molar-refractivity contribution in [1.82, 2.24) is 0 Å². The van der Waals surface area contributed by atoms with E-state index in [1.807, 2.05) is 78.9 Å². The van der Waals surface area contributed by atoms with Crippen LogP contribution in [0, 0.1) is 0 Å². The molecule has 6 nitrogen and oxygen atoms in total. The first-order valence-corrected chi connectivity index (χ1v) is 10.6.